The van der Waals surface area contributed by atoms with Crippen LogP contribution in [0, 0.1) is 0 Å². The Kier molecular flexibility index (Phi) is 5.84. The molecule has 100 valence electrons. The summed E-state index contributed by atoms with van der Waals surface area (Å²) in [5.74, 6) is 0.758. The van der Waals surface area contributed by atoms with Gasteiger partial charge in [-0.2, -0.15) is 0 Å². The SMILES string of the molecule is CCCOc1cc(N)cc(NCCC(=O)NC)c1. The molecule has 5 heteroatoms. The zero-order valence-electron chi connectivity index (χ0n) is 11.0. The highest BCUT2D eigenvalue weighted by molar-refractivity contribution is 5.76. The first kappa shape index (κ1) is 14.2. The zero-order chi connectivity index (χ0) is 13.4. The predicted octanol–water partition coefficient (Wildman–Crippen LogP) is 1.61. The second-order valence-electron chi connectivity index (χ2n) is 3.99. The van der Waals surface area contributed by atoms with Crippen LogP contribution in [0.2, 0.25) is 0 Å². The van der Waals surface area contributed by atoms with Crippen LogP contribution in [-0.4, -0.2) is 26.1 Å². The number of nitrogen functional groups attached to an aromatic ring is 1. The van der Waals surface area contributed by atoms with E-state index in [9.17, 15) is 4.79 Å². The molecule has 0 fully saturated rings. The van der Waals surface area contributed by atoms with E-state index in [2.05, 4.69) is 17.6 Å². The smallest absolute Gasteiger partial charge is 0.221 e. The first-order valence-electron chi connectivity index (χ1n) is 6.13. The number of anilines is 2. The van der Waals surface area contributed by atoms with Gasteiger partial charge >= 0.3 is 0 Å². The summed E-state index contributed by atoms with van der Waals surface area (Å²) in [6, 6.07) is 5.50. The molecule has 0 aliphatic rings. The summed E-state index contributed by atoms with van der Waals surface area (Å²) in [7, 11) is 1.62. The molecule has 0 heterocycles. The quantitative estimate of drug-likeness (QED) is 0.643. The van der Waals surface area contributed by atoms with Gasteiger partial charge in [-0.3, -0.25) is 4.79 Å². The summed E-state index contributed by atoms with van der Waals surface area (Å²) < 4.78 is 5.53. The van der Waals surface area contributed by atoms with Gasteiger partial charge in [-0.1, -0.05) is 6.92 Å². The lowest BCUT2D eigenvalue weighted by Gasteiger charge is -2.10. The second kappa shape index (κ2) is 7.42. The van der Waals surface area contributed by atoms with Gasteiger partial charge in [0.2, 0.25) is 5.91 Å². The minimum Gasteiger partial charge on any atom is -0.493 e. The molecule has 4 N–H and O–H groups in total. The van der Waals surface area contributed by atoms with Crippen molar-refractivity contribution in [2.45, 2.75) is 19.8 Å². The van der Waals surface area contributed by atoms with Gasteiger partial charge in [0.25, 0.3) is 0 Å². The van der Waals surface area contributed by atoms with Gasteiger partial charge in [-0.05, 0) is 12.5 Å². The summed E-state index contributed by atoms with van der Waals surface area (Å²) in [5, 5.41) is 5.72. The Balaban J connectivity index is 2.54. The highest BCUT2D eigenvalue weighted by Crippen LogP contribution is 2.22. The molecule has 0 unspecified atom stereocenters. The van der Waals surface area contributed by atoms with Crippen molar-refractivity contribution in [3.05, 3.63) is 18.2 Å². The Labute approximate surface area is 108 Å². The van der Waals surface area contributed by atoms with Crippen LogP contribution in [0.5, 0.6) is 5.75 Å². The van der Waals surface area contributed by atoms with E-state index >= 15 is 0 Å². The lowest BCUT2D eigenvalue weighted by atomic mass is 10.2. The van der Waals surface area contributed by atoms with Crippen molar-refractivity contribution in [2.75, 3.05) is 31.2 Å². The average molecular weight is 251 g/mol. The molecule has 0 aromatic heterocycles. The molecule has 1 aromatic rings. The van der Waals surface area contributed by atoms with Gasteiger partial charge in [-0.15, -0.1) is 0 Å². The number of hydrogen-bond acceptors (Lipinski definition) is 4. The molecule has 0 spiro atoms. The van der Waals surface area contributed by atoms with Crippen LogP contribution in [0.4, 0.5) is 11.4 Å². The van der Waals surface area contributed by atoms with Crippen molar-refractivity contribution < 1.29 is 9.53 Å². The van der Waals surface area contributed by atoms with Crippen molar-refractivity contribution in [3.8, 4) is 5.75 Å². The van der Waals surface area contributed by atoms with E-state index in [1.54, 1.807) is 13.1 Å². The highest BCUT2D eigenvalue weighted by Gasteiger charge is 2.01. The molecular weight excluding hydrogens is 230 g/mol. The molecule has 18 heavy (non-hydrogen) atoms. The van der Waals surface area contributed by atoms with E-state index < -0.39 is 0 Å². The van der Waals surface area contributed by atoms with Gasteiger partial charge in [0.05, 0.1) is 6.61 Å². The minimum absolute atomic E-state index is 0.00820. The van der Waals surface area contributed by atoms with Crippen LogP contribution in [0.15, 0.2) is 18.2 Å². The van der Waals surface area contributed by atoms with Crippen molar-refractivity contribution in [2.24, 2.45) is 0 Å². The molecule has 0 radical (unpaired) electrons. The number of ether oxygens (including phenoxy) is 1. The second-order valence-corrected chi connectivity index (χ2v) is 3.99. The number of nitrogens with two attached hydrogens (primary N) is 1. The Morgan fingerprint density at radius 3 is 2.83 bits per heavy atom. The van der Waals surface area contributed by atoms with Gasteiger partial charge in [-0.25, -0.2) is 0 Å². The van der Waals surface area contributed by atoms with E-state index in [-0.39, 0.29) is 5.91 Å². The molecule has 0 saturated carbocycles. The van der Waals surface area contributed by atoms with Crippen LogP contribution in [0.3, 0.4) is 0 Å². The van der Waals surface area contributed by atoms with E-state index in [1.165, 1.54) is 0 Å². The van der Waals surface area contributed by atoms with Gasteiger partial charge in [0.1, 0.15) is 5.75 Å². The fourth-order valence-electron chi connectivity index (χ4n) is 1.47. The maximum atomic E-state index is 11.1. The molecule has 0 atom stereocenters. The maximum Gasteiger partial charge on any atom is 0.221 e. The number of hydrogen-bond donors (Lipinski definition) is 3. The van der Waals surface area contributed by atoms with Crippen molar-refractivity contribution in [1.82, 2.24) is 5.32 Å². The molecule has 1 rings (SSSR count). The molecule has 0 saturated heterocycles. The van der Waals surface area contributed by atoms with E-state index in [4.69, 9.17) is 10.5 Å². The number of carbonyl (C=O) groups is 1. The summed E-state index contributed by atoms with van der Waals surface area (Å²) in [6.07, 6.45) is 1.38. The number of amides is 1. The Hall–Kier alpha value is -1.91. The number of nitrogens with one attached hydrogen (secondary N) is 2. The number of carbonyl (C=O) groups excluding carboxylic acids is 1. The standard InChI is InChI=1S/C13H21N3O2/c1-3-6-18-12-8-10(14)7-11(9-12)16-5-4-13(17)15-2/h7-9,16H,3-6,14H2,1-2H3,(H,15,17). The normalized spacial score (nSPS) is 9.89. The molecular formula is C13H21N3O2. The molecule has 5 nitrogen and oxygen atoms in total. The summed E-state index contributed by atoms with van der Waals surface area (Å²) in [4.78, 5) is 11.1. The largest absolute Gasteiger partial charge is 0.493 e. The molecule has 1 aromatic carbocycles. The van der Waals surface area contributed by atoms with Crippen LogP contribution in [-0.2, 0) is 4.79 Å². The first-order valence-corrected chi connectivity index (χ1v) is 6.13. The lowest BCUT2D eigenvalue weighted by Crippen LogP contribution is -2.20. The molecule has 0 aliphatic carbocycles. The Morgan fingerprint density at radius 2 is 2.17 bits per heavy atom. The minimum atomic E-state index is 0.00820. The van der Waals surface area contributed by atoms with Gasteiger partial charge < -0.3 is 21.1 Å². The summed E-state index contributed by atoms with van der Waals surface area (Å²) in [5.41, 5.74) is 7.30. The third-order valence-electron chi connectivity index (χ3n) is 2.36. The first-order chi connectivity index (χ1) is 8.65. The molecule has 0 bridgehead atoms. The molecule has 0 aliphatic heterocycles. The topological polar surface area (TPSA) is 76.4 Å². The monoisotopic (exact) mass is 251 g/mol. The van der Waals surface area contributed by atoms with Crippen molar-refractivity contribution in [1.29, 1.82) is 0 Å². The van der Waals surface area contributed by atoms with Crippen LogP contribution >= 0.6 is 0 Å². The predicted molar refractivity (Wildman–Crippen MR) is 73.8 cm³/mol. The third kappa shape index (κ3) is 4.95. The Bertz CT molecular complexity index is 394. The van der Waals surface area contributed by atoms with Crippen molar-refractivity contribution in [3.63, 3.8) is 0 Å². The fraction of sp³-hybridized carbons (Fsp3) is 0.462. The highest BCUT2D eigenvalue weighted by atomic mass is 16.5. The van der Waals surface area contributed by atoms with Crippen LogP contribution in [0.1, 0.15) is 19.8 Å². The zero-order valence-corrected chi connectivity index (χ0v) is 11.0. The van der Waals surface area contributed by atoms with Crippen molar-refractivity contribution >= 4 is 17.3 Å². The molecule has 1 amide bonds. The Morgan fingerprint density at radius 1 is 1.39 bits per heavy atom. The van der Waals surface area contributed by atoms with E-state index in [1.807, 2.05) is 12.1 Å². The van der Waals surface area contributed by atoms with Crippen LogP contribution < -0.4 is 21.1 Å². The lowest BCUT2D eigenvalue weighted by molar-refractivity contribution is -0.120. The van der Waals surface area contributed by atoms with E-state index in [0.717, 1.165) is 17.9 Å². The van der Waals surface area contributed by atoms with Gasteiger partial charge in [0.15, 0.2) is 0 Å². The summed E-state index contributed by atoms with van der Waals surface area (Å²) in [6.45, 7) is 3.28. The van der Waals surface area contributed by atoms with Crippen LogP contribution in [0.25, 0.3) is 0 Å². The number of benzene rings is 1. The fourth-order valence-corrected chi connectivity index (χ4v) is 1.47. The maximum absolute atomic E-state index is 11.1. The third-order valence-corrected chi connectivity index (χ3v) is 2.36. The summed E-state index contributed by atoms with van der Waals surface area (Å²) >= 11 is 0. The van der Waals surface area contributed by atoms with E-state index in [0.29, 0.717) is 25.3 Å². The van der Waals surface area contributed by atoms with Gasteiger partial charge in [0, 0.05) is 43.5 Å². The number of rotatable bonds is 7. The average Bonchev–Trinajstić information content (AvgIpc) is 2.35.